The van der Waals surface area contributed by atoms with Crippen LogP contribution in [0.1, 0.15) is 96.6 Å². The maximum atomic E-state index is 6.24. The van der Waals surface area contributed by atoms with Crippen molar-refractivity contribution in [2.24, 2.45) is 10.9 Å². The summed E-state index contributed by atoms with van der Waals surface area (Å²) in [5.74, 6) is 2.49. The zero-order valence-electron chi connectivity index (χ0n) is 21.4. The van der Waals surface area contributed by atoms with Gasteiger partial charge in [-0.2, -0.15) is 0 Å². The summed E-state index contributed by atoms with van der Waals surface area (Å²) in [7, 11) is 0. The van der Waals surface area contributed by atoms with E-state index in [-0.39, 0.29) is 0 Å². The summed E-state index contributed by atoms with van der Waals surface area (Å²) >= 11 is 0. The van der Waals surface area contributed by atoms with Crippen LogP contribution in [0, 0.1) is 5.92 Å². The largest absolute Gasteiger partial charge is 0.491 e. The molecule has 1 aliphatic rings. The van der Waals surface area contributed by atoms with Crippen molar-refractivity contribution in [3.05, 3.63) is 65.4 Å². The highest BCUT2D eigenvalue weighted by atomic mass is 16.5. The Bertz CT molecular complexity index is 939. The maximum Gasteiger partial charge on any atom is 0.142 e. The molecule has 2 aromatic carbocycles. The van der Waals surface area contributed by atoms with E-state index in [0.29, 0.717) is 17.8 Å². The van der Waals surface area contributed by atoms with Crippen LogP contribution < -0.4 is 10.1 Å². The lowest BCUT2D eigenvalue weighted by atomic mass is 9.90. The molecule has 0 aliphatic heterocycles. The van der Waals surface area contributed by atoms with Crippen molar-refractivity contribution >= 4 is 17.1 Å². The van der Waals surface area contributed by atoms with Crippen molar-refractivity contribution in [1.82, 2.24) is 0 Å². The minimum Gasteiger partial charge on any atom is -0.491 e. The van der Waals surface area contributed by atoms with Crippen molar-refractivity contribution in [2.75, 3.05) is 11.9 Å². The maximum absolute atomic E-state index is 6.24. The molecule has 0 heterocycles. The molecule has 0 radical (unpaired) electrons. The van der Waals surface area contributed by atoms with Crippen LogP contribution in [-0.2, 0) is 0 Å². The molecule has 3 rings (SSSR count). The van der Waals surface area contributed by atoms with Crippen LogP contribution in [0.3, 0.4) is 0 Å². The van der Waals surface area contributed by atoms with Crippen LogP contribution >= 0.6 is 0 Å². The lowest BCUT2D eigenvalue weighted by molar-refractivity contribution is 0.209. The van der Waals surface area contributed by atoms with Gasteiger partial charge in [0, 0.05) is 11.4 Å². The Morgan fingerprint density at radius 1 is 0.939 bits per heavy atom. The Labute approximate surface area is 201 Å². The van der Waals surface area contributed by atoms with Crippen molar-refractivity contribution in [3.8, 4) is 5.75 Å². The third kappa shape index (κ3) is 7.22. The topological polar surface area (TPSA) is 33.6 Å². The average Bonchev–Trinajstić information content (AvgIpc) is 2.78. The first-order valence-corrected chi connectivity index (χ1v) is 12.7. The molecular weight excluding hydrogens is 404 g/mol. The highest BCUT2D eigenvalue weighted by Crippen LogP contribution is 2.35. The van der Waals surface area contributed by atoms with Gasteiger partial charge in [-0.3, -0.25) is 4.99 Å². The SMILES string of the molecule is CC(/C=C(/C)Nc1ccccc1OCC1CCCCC1)=Nc1c(C(C)C)cccc1C(C)C. The second kappa shape index (κ2) is 12.1. The highest BCUT2D eigenvalue weighted by Gasteiger charge is 2.15. The molecule has 33 heavy (non-hydrogen) atoms. The lowest BCUT2D eigenvalue weighted by Crippen LogP contribution is -2.15. The van der Waals surface area contributed by atoms with Crippen molar-refractivity contribution in [1.29, 1.82) is 0 Å². The molecule has 3 heteroatoms. The summed E-state index contributed by atoms with van der Waals surface area (Å²) in [4.78, 5) is 5.07. The Hall–Kier alpha value is -2.55. The van der Waals surface area contributed by atoms with Gasteiger partial charge in [0.1, 0.15) is 5.75 Å². The fraction of sp³-hybridized carbons (Fsp3) is 0.500. The first-order chi connectivity index (χ1) is 15.8. The molecule has 0 aromatic heterocycles. The van der Waals surface area contributed by atoms with Crippen molar-refractivity contribution in [2.45, 2.75) is 85.5 Å². The summed E-state index contributed by atoms with van der Waals surface area (Å²) in [6.07, 6.45) is 8.76. The number of nitrogens with one attached hydrogen (secondary N) is 1. The Morgan fingerprint density at radius 2 is 1.58 bits per heavy atom. The van der Waals surface area contributed by atoms with Gasteiger partial charge in [0.2, 0.25) is 0 Å². The van der Waals surface area contributed by atoms with E-state index in [2.05, 4.69) is 89.3 Å². The molecule has 0 atom stereocenters. The van der Waals surface area contributed by atoms with Gasteiger partial charge in [-0.15, -0.1) is 0 Å². The number of ether oxygens (including phenoxy) is 1. The normalized spacial score (nSPS) is 15.9. The lowest BCUT2D eigenvalue weighted by Gasteiger charge is -2.22. The van der Waals surface area contributed by atoms with Gasteiger partial charge >= 0.3 is 0 Å². The molecule has 1 N–H and O–H groups in total. The second-order valence-corrected chi connectivity index (χ2v) is 10.1. The van der Waals surface area contributed by atoms with Crippen LogP contribution in [0.4, 0.5) is 11.4 Å². The van der Waals surface area contributed by atoms with Crippen LogP contribution in [0.5, 0.6) is 5.75 Å². The molecule has 0 spiro atoms. The van der Waals surface area contributed by atoms with Gasteiger partial charge in [-0.05, 0) is 73.8 Å². The summed E-state index contributed by atoms with van der Waals surface area (Å²) < 4.78 is 6.24. The summed E-state index contributed by atoms with van der Waals surface area (Å²) in [5, 5.41) is 3.54. The molecule has 0 saturated heterocycles. The van der Waals surface area contributed by atoms with E-state index in [1.807, 2.05) is 6.07 Å². The molecule has 1 fully saturated rings. The highest BCUT2D eigenvalue weighted by molar-refractivity contribution is 5.96. The quantitative estimate of drug-likeness (QED) is 0.390. The Balaban J connectivity index is 1.76. The summed E-state index contributed by atoms with van der Waals surface area (Å²) in [6, 6.07) is 14.8. The third-order valence-electron chi connectivity index (χ3n) is 6.47. The Kier molecular flexibility index (Phi) is 9.17. The molecule has 1 aliphatic carbocycles. The minimum atomic E-state index is 0.437. The number of para-hydroxylation sites is 3. The molecule has 0 amide bonds. The van der Waals surface area contributed by atoms with E-state index in [9.17, 15) is 0 Å². The molecule has 0 bridgehead atoms. The van der Waals surface area contributed by atoms with E-state index in [4.69, 9.17) is 9.73 Å². The predicted molar refractivity (Wildman–Crippen MR) is 143 cm³/mol. The van der Waals surface area contributed by atoms with E-state index in [1.165, 1.54) is 43.2 Å². The van der Waals surface area contributed by atoms with Gasteiger partial charge in [0.05, 0.1) is 18.0 Å². The first-order valence-electron chi connectivity index (χ1n) is 12.7. The molecule has 3 nitrogen and oxygen atoms in total. The standard InChI is InChI=1S/C30H42N2O/c1-21(2)26-15-12-16-27(22(3)4)30(26)32-24(6)19-23(5)31-28-17-10-11-18-29(28)33-20-25-13-8-7-9-14-25/h10-12,15-19,21-22,25,31H,7-9,13-14,20H2,1-6H3/b23-19-,32-24?. The smallest absolute Gasteiger partial charge is 0.142 e. The number of rotatable bonds is 9. The van der Waals surface area contributed by atoms with Gasteiger partial charge in [0.25, 0.3) is 0 Å². The summed E-state index contributed by atoms with van der Waals surface area (Å²) in [5.41, 5.74) is 6.80. The van der Waals surface area contributed by atoms with Crippen molar-refractivity contribution in [3.63, 3.8) is 0 Å². The van der Waals surface area contributed by atoms with Crippen LogP contribution in [0.2, 0.25) is 0 Å². The molecular formula is C30H42N2O. The second-order valence-electron chi connectivity index (χ2n) is 10.1. The number of hydrogen-bond acceptors (Lipinski definition) is 3. The average molecular weight is 447 g/mol. The van der Waals surface area contributed by atoms with E-state index < -0.39 is 0 Å². The van der Waals surface area contributed by atoms with Gasteiger partial charge < -0.3 is 10.1 Å². The number of anilines is 1. The van der Waals surface area contributed by atoms with Crippen LogP contribution in [0.15, 0.2) is 59.2 Å². The van der Waals surface area contributed by atoms with E-state index in [0.717, 1.165) is 35.1 Å². The molecule has 1 saturated carbocycles. The Morgan fingerprint density at radius 3 is 2.21 bits per heavy atom. The number of nitrogens with zero attached hydrogens (tertiary/aromatic N) is 1. The molecule has 2 aromatic rings. The van der Waals surface area contributed by atoms with E-state index in [1.54, 1.807) is 0 Å². The number of benzene rings is 2. The molecule has 178 valence electrons. The zero-order chi connectivity index (χ0) is 23.8. The monoisotopic (exact) mass is 446 g/mol. The number of hydrogen-bond donors (Lipinski definition) is 1. The van der Waals surface area contributed by atoms with Crippen LogP contribution in [-0.4, -0.2) is 12.3 Å². The summed E-state index contributed by atoms with van der Waals surface area (Å²) in [6.45, 7) is 13.9. The van der Waals surface area contributed by atoms with E-state index >= 15 is 0 Å². The zero-order valence-corrected chi connectivity index (χ0v) is 21.4. The fourth-order valence-corrected chi connectivity index (χ4v) is 4.67. The number of aliphatic imine (C=N–C) groups is 1. The predicted octanol–water partition coefficient (Wildman–Crippen LogP) is 9.00. The van der Waals surface area contributed by atoms with Crippen molar-refractivity contribution < 1.29 is 4.74 Å². The van der Waals surface area contributed by atoms with Gasteiger partial charge in [0.15, 0.2) is 0 Å². The number of allylic oxidation sites excluding steroid dienone is 2. The van der Waals surface area contributed by atoms with Gasteiger partial charge in [-0.25, -0.2) is 0 Å². The minimum absolute atomic E-state index is 0.437. The van der Waals surface area contributed by atoms with Gasteiger partial charge in [-0.1, -0.05) is 77.3 Å². The third-order valence-corrected chi connectivity index (χ3v) is 6.47. The molecule has 0 unspecified atom stereocenters. The first kappa shape index (κ1) is 25.1. The van der Waals surface area contributed by atoms with Crippen LogP contribution in [0.25, 0.3) is 0 Å². The fourth-order valence-electron chi connectivity index (χ4n) is 4.67.